The topological polar surface area (TPSA) is 82.1 Å². The van der Waals surface area contributed by atoms with Crippen molar-refractivity contribution in [2.24, 2.45) is 0 Å². The van der Waals surface area contributed by atoms with Gasteiger partial charge in [0.05, 0.1) is 18.5 Å². The van der Waals surface area contributed by atoms with Gasteiger partial charge in [0.15, 0.2) is 5.79 Å². The third-order valence-electron chi connectivity index (χ3n) is 4.95. The average Bonchev–Trinajstić information content (AvgIpc) is 2.59. The van der Waals surface area contributed by atoms with Crippen LogP contribution in [0.1, 0.15) is 90.9 Å². The summed E-state index contributed by atoms with van der Waals surface area (Å²) in [6.07, 6.45) is 14.3. The maximum absolute atomic E-state index is 10.7. The minimum absolute atomic E-state index is 0.203. The molecule has 1 N–H and O–H groups in total. The molecule has 1 rings (SSSR count). The smallest absolute Gasteiger partial charge is 0.264 e. The lowest BCUT2D eigenvalue weighted by atomic mass is 10.0. The highest BCUT2D eigenvalue weighted by molar-refractivity contribution is 7.85. The van der Waals surface area contributed by atoms with Crippen LogP contribution in [0.3, 0.4) is 0 Å². The van der Waals surface area contributed by atoms with Crippen LogP contribution in [0.2, 0.25) is 0 Å². The Hall–Kier alpha value is -0.210. The van der Waals surface area contributed by atoms with Gasteiger partial charge in [0.2, 0.25) is 0 Å². The first-order valence-electron chi connectivity index (χ1n) is 10.7. The van der Waals surface area contributed by atoms with Gasteiger partial charge in [-0.25, -0.2) is 0 Å². The predicted octanol–water partition coefficient (Wildman–Crippen LogP) is 4.72. The SMILES string of the molecule is CCCCCCCCCCCC1CCOC(C)(COCCCS(=O)(=O)O)O1. The number of hydrogen-bond acceptors (Lipinski definition) is 5. The van der Waals surface area contributed by atoms with E-state index in [1.165, 1.54) is 57.8 Å². The number of unbranched alkanes of at least 4 members (excludes halogenated alkanes) is 8. The van der Waals surface area contributed by atoms with Gasteiger partial charge < -0.3 is 14.2 Å². The molecule has 7 heteroatoms. The van der Waals surface area contributed by atoms with Crippen molar-refractivity contribution in [3.05, 3.63) is 0 Å². The highest BCUT2D eigenvalue weighted by Gasteiger charge is 2.34. The van der Waals surface area contributed by atoms with Crippen LogP contribution >= 0.6 is 0 Å². The molecule has 1 aliphatic rings. The molecule has 0 radical (unpaired) electrons. The minimum Gasteiger partial charge on any atom is -0.376 e. The Morgan fingerprint density at radius 1 is 1.04 bits per heavy atom. The van der Waals surface area contributed by atoms with Crippen LogP contribution in [0.4, 0.5) is 0 Å². The van der Waals surface area contributed by atoms with Gasteiger partial charge in [0.1, 0.15) is 6.61 Å². The Morgan fingerprint density at radius 2 is 1.67 bits per heavy atom. The first kappa shape index (κ1) is 24.8. The molecule has 2 unspecified atom stereocenters. The molecule has 1 heterocycles. The van der Waals surface area contributed by atoms with Crippen molar-refractivity contribution in [3.63, 3.8) is 0 Å². The van der Waals surface area contributed by atoms with Gasteiger partial charge >= 0.3 is 0 Å². The predicted molar refractivity (Wildman–Crippen MR) is 108 cm³/mol. The molecule has 0 bridgehead atoms. The van der Waals surface area contributed by atoms with E-state index in [-0.39, 0.29) is 31.5 Å². The summed E-state index contributed by atoms with van der Waals surface area (Å²) in [6.45, 7) is 5.31. The molecule has 0 spiro atoms. The molecular formula is C20H40O6S. The van der Waals surface area contributed by atoms with Crippen LogP contribution in [0.5, 0.6) is 0 Å². The number of rotatable bonds is 16. The second-order valence-electron chi connectivity index (χ2n) is 7.82. The highest BCUT2D eigenvalue weighted by atomic mass is 32.2. The molecule has 0 saturated carbocycles. The van der Waals surface area contributed by atoms with E-state index in [4.69, 9.17) is 18.8 Å². The third kappa shape index (κ3) is 13.6. The molecular weight excluding hydrogens is 368 g/mol. The van der Waals surface area contributed by atoms with E-state index >= 15 is 0 Å². The second kappa shape index (κ2) is 13.9. The van der Waals surface area contributed by atoms with E-state index in [1.54, 1.807) is 0 Å². The molecule has 0 aromatic heterocycles. The van der Waals surface area contributed by atoms with Gasteiger partial charge in [-0.2, -0.15) is 8.42 Å². The third-order valence-corrected chi connectivity index (χ3v) is 5.75. The van der Waals surface area contributed by atoms with Crippen LogP contribution in [-0.4, -0.2) is 50.4 Å². The molecule has 1 fully saturated rings. The molecule has 0 amide bonds. The normalized spacial score (nSPS) is 23.6. The lowest BCUT2D eigenvalue weighted by Gasteiger charge is -2.38. The average molecular weight is 409 g/mol. The molecule has 2 atom stereocenters. The van der Waals surface area contributed by atoms with E-state index in [0.29, 0.717) is 6.61 Å². The van der Waals surface area contributed by atoms with Crippen molar-refractivity contribution >= 4 is 10.1 Å². The van der Waals surface area contributed by atoms with Gasteiger partial charge in [-0.1, -0.05) is 64.7 Å². The fourth-order valence-corrected chi connectivity index (χ4v) is 3.90. The maximum Gasteiger partial charge on any atom is 0.264 e. The Balaban J connectivity index is 2.07. The standard InChI is InChI=1S/C20H40O6S/c1-3-4-5-6-7-8-9-10-11-13-19-14-16-25-20(2,26-19)18-24-15-12-17-27(21,22)23/h19H,3-18H2,1-2H3,(H,21,22,23). The summed E-state index contributed by atoms with van der Waals surface area (Å²) in [4.78, 5) is 0. The number of ether oxygens (including phenoxy) is 3. The minimum atomic E-state index is -3.92. The Labute approximate surface area is 166 Å². The maximum atomic E-state index is 10.7. The molecule has 0 aliphatic carbocycles. The molecule has 162 valence electrons. The van der Waals surface area contributed by atoms with Crippen molar-refractivity contribution in [2.45, 2.75) is 103 Å². The van der Waals surface area contributed by atoms with Crippen molar-refractivity contribution in [1.29, 1.82) is 0 Å². The van der Waals surface area contributed by atoms with Crippen LogP contribution in [0.15, 0.2) is 0 Å². The summed E-state index contributed by atoms with van der Waals surface area (Å²) < 4.78 is 47.3. The van der Waals surface area contributed by atoms with E-state index in [1.807, 2.05) is 6.92 Å². The lowest BCUT2D eigenvalue weighted by molar-refractivity contribution is -0.302. The van der Waals surface area contributed by atoms with Gasteiger partial charge in [-0.3, -0.25) is 4.55 Å². The summed E-state index contributed by atoms with van der Waals surface area (Å²) in [5.41, 5.74) is 0. The van der Waals surface area contributed by atoms with Gasteiger partial charge in [0, 0.05) is 6.61 Å². The van der Waals surface area contributed by atoms with E-state index in [0.717, 1.165) is 12.8 Å². The largest absolute Gasteiger partial charge is 0.376 e. The fourth-order valence-electron chi connectivity index (χ4n) is 3.41. The van der Waals surface area contributed by atoms with Gasteiger partial charge in [-0.15, -0.1) is 0 Å². The zero-order valence-corrected chi connectivity index (χ0v) is 18.1. The lowest BCUT2D eigenvalue weighted by Crippen LogP contribution is -2.45. The Kier molecular flexibility index (Phi) is 12.8. The van der Waals surface area contributed by atoms with Crippen molar-refractivity contribution in [2.75, 3.05) is 25.6 Å². The van der Waals surface area contributed by atoms with Crippen molar-refractivity contribution < 1.29 is 27.2 Å². The summed E-state index contributed by atoms with van der Waals surface area (Å²) in [5, 5.41) is 0. The van der Waals surface area contributed by atoms with Crippen LogP contribution in [0.25, 0.3) is 0 Å². The van der Waals surface area contributed by atoms with Crippen molar-refractivity contribution in [1.82, 2.24) is 0 Å². The number of hydrogen-bond donors (Lipinski definition) is 1. The van der Waals surface area contributed by atoms with Crippen LogP contribution in [-0.2, 0) is 24.3 Å². The zero-order valence-electron chi connectivity index (χ0n) is 17.3. The van der Waals surface area contributed by atoms with Gasteiger partial charge in [0.25, 0.3) is 10.1 Å². The highest BCUT2D eigenvalue weighted by Crippen LogP contribution is 2.26. The first-order valence-corrected chi connectivity index (χ1v) is 12.3. The van der Waals surface area contributed by atoms with Crippen LogP contribution in [0, 0.1) is 0 Å². The summed E-state index contributed by atoms with van der Waals surface area (Å²) in [6, 6.07) is 0. The molecule has 0 aromatic rings. The van der Waals surface area contributed by atoms with E-state index in [9.17, 15) is 8.42 Å². The van der Waals surface area contributed by atoms with Gasteiger partial charge in [-0.05, 0) is 26.2 Å². The Morgan fingerprint density at radius 3 is 2.30 bits per heavy atom. The molecule has 1 saturated heterocycles. The summed E-state index contributed by atoms with van der Waals surface area (Å²) >= 11 is 0. The molecule has 27 heavy (non-hydrogen) atoms. The zero-order chi connectivity index (χ0) is 20.0. The molecule has 6 nitrogen and oxygen atoms in total. The summed E-state index contributed by atoms with van der Waals surface area (Å²) in [5.74, 6) is -1.05. The second-order valence-corrected chi connectivity index (χ2v) is 9.39. The summed E-state index contributed by atoms with van der Waals surface area (Å²) in [7, 11) is -3.92. The Bertz CT molecular complexity index is 467. The van der Waals surface area contributed by atoms with E-state index in [2.05, 4.69) is 6.92 Å². The fraction of sp³-hybridized carbons (Fsp3) is 1.00. The monoisotopic (exact) mass is 408 g/mol. The van der Waals surface area contributed by atoms with Crippen LogP contribution < -0.4 is 0 Å². The van der Waals surface area contributed by atoms with Crippen molar-refractivity contribution in [3.8, 4) is 0 Å². The first-order chi connectivity index (χ1) is 12.8. The molecule has 0 aromatic carbocycles. The molecule has 1 aliphatic heterocycles. The van der Waals surface area contributed by atoms with E-state index < -0.39 is 15.9 Å². The quantitative estimate of drug-likeness (QED) is 0.294.